The zero-order chi connectivity index (χ0) is 8.10. The molecule has 0 unspecified atom stereocenters. The van der Waals surface area contributed by atoms with E-state index in [1.807, 2.05) is 12.1 Å². The fraction of sp³-hybridized carbons (Fsp3) is 0.333. The zero-order valence-electron chi connectivity index (χ0n) is 6.51. The van der Waals surface area contributed by atoms with Crippen LogP contribution in [-0.2, 0) is 11.2 Å². The highest BCUT2D eigenvalue weighted by Gasteiger charge is 1.90. The van der Waals surface area contributed by atoms with Crippen LogP contribution in [0.1, 0.15) is 5.56 Å². The van der Waals surface area contributed by atoms with Gasteiger partial charge in [0.05, 0.1) is 6.61 Å². The number of halogens is 1. The normalized spacial score (nSPS) is 10.0. The molecule has 0 fully saturated rings. The first kappa shape index (κ1) is 8.75. The van der Waals surface area contributed by atoms with Gasteiger partial charge in [-0.15, -0.1) is 0 Å². The van der Waals surface area contributed by atoms with Gasteiger partial charge in [-0.3, -0.25) is 0 Å². The lowest BCUT2D eigenvalue weighted by molar-refractivity contribution is 0.202. The van der Waals surface area contributed by atoms with Crippen molar-refractivity contribution in [2.75, 3.05) is 13.7 Å². The molecular formula is C9H11BrO. The largest absolute Gasteiger partial charge is 0.384 e. The first-order valence-corrected chi connectivity index (χ1v) is 4.35. The van der Waals surface area contributed by atoms with Gasteiger partial charge in [0.2, 0.25) is 0 Å². The van der Waals surface area contributed by atoms with E-state index in [1.54, 1.807) is 7.11 Å². The van der Waals surface area contributed by atoms with Crippen LogP contribution in [-0.4, -0.2) is 13.7 Å². The standard InChI is InChI=1S/C9H11BrO/c1-11-7-6-8-2-4-9(10)5-3-8/h2-5H,6-7H2,1H3. The lowest BCUT2D eigenvalue weighted by Gasteiger charge is -1.99. The van der Waals surface area contributed by atoms with Gasteiger partial charge in [-0.05, 0) is 24.1 Å². The highest BCUT2D eigenvalue weighted by Crippen LogP contribution is 2.10. The summed E-state index contributed by atoms with van der Waals surface area (Å²) >= 11 is 3.38. The van der Waals surface area contributed by atoms with Gasteiger partial charge in [-0.1, -0.05) is 28.1 Å². The molecule has 1 aromatic rings. The van der Waals surface area contributed by atoms with Crippen LogP contribution in [0.25, 0.3) is 0 Å². The van der Waals surface area contributed by atoms with Gasteiger partial charge in [0.1, 0.15) is 0 Å². The van der Waals surface area contributed by atoms with Crippen molar-refractivity contribution in [3.8, 4) is 0 Å². The van der Waals surface area contributed by atoms with Crippen LogP contribution in [0.2, 0.25) is 0 Å². The van der Waals surface area contributed by atoms with E-state index in [4.69, 9.17) is 4.74 Å². The van der Waals surface area contributed by atoms with E-state index in [2.05, 4.69) is 28.1 Å². The Kier molecular flexibility index (Phi) is 3.60. The van der Waals surface area contributed by atoms with Crippen LogP contribution in [0.4, 0.5) is 0 Å². The first-order valence-electron chi connectivity index (χ1n) is 3.56. The van der Waals surface area contributed by atoms with E-state index < -0.39 is 0 Å². The molecule has 0 aliphatic heterocycles. The van der Waals surface area contributed by atoms with Gasteiger partial charge in [0.15, 0.2) is 0 Å². The Morgan fingerprint density at radius 1 is 1.27 bits per heavy atom. The monoisotopic (exact) mass is 214 g/mol. The number of benzene rings is 1. The molecule has 0 bridgehead atoms. The van der Waals surface area contributed by atoms with Gasteiger partial charge < -0.3 is 4.74 Å². The minimum atomic E-state index is 0.793. The van der Waals surface area contributed by atoms with E-state index in [0.29, 0.717) is 0 Å². The molecule has 0 aliphatic carbocycles. The van der Waals surface area contributed by atoms with Crippen molar-refractivity contribution in [1.82, 2.24) is 0 Å². The number of hydrogen-bond acceptors (Lipinski definition) is 1. The average molecular weight is 215 g/mol. The Hall–Kier alpha value is -0.340. The summed E-state index contributed by atoms with van der Waals surface area (Å²) in [5.41, 5.74) is 1.31. The molecule has 0 aromatic heterocycles. The molecule has 0 N–H and O–H groups in total. The molecule has 1 nitrogen and oxygen atoms in total. The average Bonchev–Trinajstić information content (AvgIpc) is 2.04. The van der Waals surface area contributed by atoms with E-state index in [-0.39, 0.29) is 0 Å². The minimum Gasteiger partial charge on any atom is -0.384 e. The molecule has 0 saturated heterocycles. The number of rotatable bonds is 3. The molecule has 11 heavy (non-hydrogen) atoms. The van der Waals surface area contributed by atoms with Crippen molar-refractivity contribution < 1.29 is 4.74 Å². The summed E-state index contributed by atoms with van der Waals surface area (Å²) in [6.07, 6.45) is 0.990. The number of ether oxygens (including phenoxy) is 1. The third kappa shape index (κ3) is 3.04. The van der Waals surface area contributed by atoms with Crippen molar-refractivity contribution in [2.45, 2.75) is 6.42 Å². The van der Waals surface area contributed by atoms with E-state index >= 15 is 0 Å². The molecule has 1 aromatic carbocycles. The van der Waals surface area contributed by atoms with E-state index in [0.717, 1.165) is 17.5 Å². The topological polar surface area (TPSA) is 9.23 Å². The van der Waals surface area contributed by atoms with Crippen molar-refractivity contribution >= 4 is 15.9 Å². The summed E-state index contributed by atoms with van der Waals surface area (Å²) in [6, 6.07) is 8.29. The maximum absolute atomic E-state index is 4.96. The minimum absolute atomic E-state index is 0.793. The summed E-state index contributed by atoms with van der Waals surface area (Å²) in [4.78, 5) is 0. The molecule has 2 heteroatoms. The third-order valence-electron chi connectivity index (χ3n) is 1.51. The molecule has 0 spiro atoms. The van der Waals surface area contributed by atoms with Crippen molar-refractivity contribution in [2.24, 2.45) is 0 Å². The Morgan fingerprint density at radius 2 is 1.91 bits per heavy atom. The fourth-order valence-electron chi connectivity index (χ4n) is 0.871. The van der Waals surface area contributed by atoms with Gasteiger partial charge in [0, 0.05) is 11.6 Å². The third-order valence-corrected chi connectivity index (χ3v) is 2.04. The predicted octanol–water partition coefficient (Wildman–Crippen LogP) is 2.64. The second-order valence-corrected chi connectivity index (χ2v) is 3.28. The molecular weight excluding hydrogens is 204 g/mol. The van der Waals surface area contributed by atoms with Gasteiger partial charge >= 0.3 is 0 Å². The second-order valence-electron chi connectivity index (χ2n) is 2.37. The van der Waals surface area contributed by atoms with E-state index in [1.165, 1.54) is 5.56 Å². The van der Waals surface area contributed by atoms with Crippen LogP contribution in [0.5, 0.6) is 0 Å². The Labute approximate surface area is 75.5 Å². The number of hydrogen-bond donors (Lipinski definition) is 0. The quantitative estimate of drug-likeness (QED) is 0.753. The van der Waals surface area contributed by atoms with Crippen LogP contribution in [0, 0.1) is 0 Å². The number of methoxy groups -OCH3 is 1. The molecule has 0 atom stereocenters. The van der Waals surface area contributed by atoms with Crippen molar-refractivity contribution in [1.29, 1.82) is 0 Å². The molecule has 1 rings (SSSR count). The molecule has 0 radical (unpaired) electrons. The van der Waals surface area contributed by atoms with E-state index in [9.17, 15) is 0 Å². The van der Waals surface area contributed by atoms with Crippen LogP contribution in [0.15, 0.2) is 28.7 Å². The predicted molar refractivity (Wildman–Crippen MR) is 49.7 cm³/mol. The highest BCUT2D eigenvalue weighted by molar-refractivity contribution is 9.10. The van der Waals surface area contributed by atoms with Gasteiger partial charge in [0.25, 0.3) is 0 Å². The lowest BCUT2D eigenvalue weighted by atomic mass is 10.2. The maximum atomic E-state index is 4.96. The Morgan fingerprint density at radius 3 is 2.45 bits per heavy atom. The first-order chi connectivity index (χ1) is 5.33. The molecule has 0 saturated carbocycles. The summed E-state index contributed by atoms with van der Waals surface area (Å²) in [5, 5.41) is 0. The summed E-state index contributed by atoms with van der Waals surface area (Å²) in [7, 11) is 1.72. The maximum Gasteiger partial charge on any atom is 0.0502 e. The zero-order valence-corrected chi connectivity index (χ0v) is 8.10. The van der Waals surface area contributed by atoms with Crippen LogP contribution < -0.4 is 0 Å². The Balaban J connectivity index is 2.52. The lowest BCUT2D eigenvalue weighted by Crippen LogP contribution is -1.93. The smallest absolute Gasteiger partial charge is 0.0502 e. The molecule has 60 valence electrons. The molecule has 0 heterocycles. The van der Waals surface area contributed by atoms with Crippen LogP contribution >= 0.6 is 15.9 Å². The SMILES string of the molecule is COCCc1ccc(Br)cc1. The van der Waals surface area contributed by atoms with Crippen molar-refractivity contribution in [3.05, 3.63) is 34.3 Å². The fourth-order valence-corrected chi connectivity index (χ4v) is 1.14. The van der Waals surface area contributed by atoms with Gasteiger partial charge in [-0.2, -0.15) is 0 Å². The van der Waals surface area contributed by atoms with Crippen molar-refractivity contribution in [3.63, 3.8) is 0 Å². The summed E-state index contributed by atoms with van der Waals surface area (Å²) in [6.45, 7) is 0.793. The summed E-state index contributed by atoms with van der Waals surface area (Å²) in [5.74, 6) is 0. The van der Waals surface area contributed by atoms with Gasteiger partial charge in [-0.25, -0.2) is 0 Å². The van der Waals surface area contributed by atoms with Crippen LogP contribution in [0.3, 0.4) is 0 Å². The summed E-state index contributed by atoms with van der Waals surface area (Å²) < 4.78 is 6.09. The molecule has 0 amide bonds. The highest BCUT2D eigenvalue weighted by atomic mass is 79.9. The second kappa shape index (κ2) is 4.52. The Bertz CT molecular complexity index is 205. The molecule has 0 aliphatic rings.